The molecule has 4 aromatic carbocycles. The zero-order valence-corrected chi connectivity index (χ0v) is 22.5. The smallest absolute Gasteiger partial charge is 0.323 e. The van der Waals surface area contributed by atoms with Crippen molar-refractivity contribution >= 4 is 40.0 Å². The number of aromatic nitrogens is 2. The van der Waals surface area contributed by atoms with E-state index in [1.807, 2.05) is 72.8 Å². The molecule has 0 saturated carbocycles. The zero-order chi connectivity index (χ0) is 28.7. The minimum atomic E-state index is -0.413. The predicted molar refractivity (Wildman–Crippen MR) is 166 cm³/mol. The van der Waals surface area contributed by atoms with Gasteiger partial charge in [-0.25, -0.2) is 14.8 Å². The van der Waals surface area contributed by atoms with Gasteiger partial charge >= 0.3 is 6.03 Å². The number of fused-ring (bicyclic) bond motifs is 1. The van der Waals surface area contributed by atoms with E-state index in [1.165, 1.54) is 12.4 Å². The summed E-state index contributed by atoms with van der Waals surface area (Å²) in [7, 11) is 0. The Bertz CT molecular complexity index is 1840. The summed E-state index contributed by atoms with van der Waals surface area (Å²) in [5.41, 5.74) is 5.91. The van der Waals surface area contributed by atoms with Gasteiger partial charge in [-0.1, -0.05) is 78.9 Å². The van der Waals surface area contributed by atoms with Gasteiger partial charge < -0.3 is 20.4 Å². The molecule has 3 N–H and O–H groups in total. The van der Waals surface area contributed by atoms with Crippen molar-refractivity contribution in [3.05, 3.63) is 126 Å². The summed E-state index contributed by atoms with van der Waals surface area (Å²) in [6, 6.07) is 33.7. The number of hydrogen-bond donors (Lipinski definition) is 3. The minimum absolute atomic E-state index is 0.245. The van der Waals surface area contributed by atoms with Crippen molar-refractivity contribution in [1.82, 2.24) is 9.97 Å². The maximum absolute atomic E-state index is 12.4. The highest BCUT2D eigenvalue weighted by Crippen LogP contribution is 2.42. The quantitative estimate of drug-likeness (QED) is 0.155. The molecule has 0 fully saturated rings. The van der Waals surface area contributed by atoms with Gasteiger partial charge in [0.25, 0.3) is 0 Å². The molecule has 9 nitrogen and oxygen atoms in total. The first kappa shape index (κ1) is 26.4. The Hall–Kier alpha value is -5.83. The van der Waals surface area contributed by atoms with E-state index in [1.54, 1.807) is 18.2 Å². The lowest BCUT2D eigenvalue weighted by molar-refractivity contribution is 0.262. The first-order chi connectivity index (χ1) is 20.7. The minimum Gasteiger partial charge on any atom is -0.437 e. The molecule has 2 aromatic heterocycles. The normalized spacial score (nSPS) is 10.8. The molecule has 6 rings (SSSR count). The van der Waals surface area contributed by atoms with E-state index < -0.39 is 6.03 Å². The summed E-state index contributed by atoms with van der Waals surface area (Å²) >= 11 is 0. The lowest BCUT2D eigenvalue weighted by atomic mass is 9.99. The van der Waals surface area contributed by atoms with Gasteiger partial charge in [0, 0.05) is 29.0 Å². The highest BCUT2D eigenvalue weighted by molar-refractivity contribution is 6.06. The molecule has 0 radical (unpaired) electrons. The topological polar surface area (TPSA) is 122 Å². The van der Waals surface area contributed by atoms with E-state index in [0.717, 1.165) is 39.8 Å². The first-order valence-electron chi connectivity index (χ1n) is 13.4. The van der Waals surface area contributed by atoms with E-state index >= 15 is 0 Å². The van der Waals surface area contributed by atoms with Crippen LogP contribution in [-0.2, 0) is 6.42 Å². The number of amides is 2. The lowest BCUT2D eigenvalue weighted by Gasteiger charge is -2.10. The van der Waals surface area contributed by atoms with Crippen molar-refractivity contribution in [2.45, 2.75) is 6.42 Å². The van der Waals surface area contributed by atoms with Gasteiger partial charge in [0.2, 0.25) is 5.71 Å². The van der Waals surface area contributed by atoms with Gasteiger partial charge in [0.15, 0.2) is 0 Å². The van der Waals surface area contributed by atoms with Crippen molar-refractivity contribution in [2.24, 2.45) is 5.18 Å². The zero-order valence-electron chi connectivity index (χ0n) is 22.5. The molecule has 206 valence electrons. The van der Waals surface area contributed by atoms with Crippen LogP contribution in [0.5, 0.6) is 0 Å². The van der Waals surface area contributed by atoms with Crippen molar-refractivity contribution in [3.8, 4) is 22.5 Å². The van der Waals surface area contributed by atoms with Crippen LogP contribution in [0, 0.1) is 4.91 Å². The Morgan fingerprint density at radius 3 is 2.21 bits per heavy atom. The van der Waals surface area contributed by atoms with Crippen LogP contribution in [0.15, 0.2) is 125 Å². The van der Waals surface area contributed by atoms with E-state index in [4.69, 9.17) is 4.42 Å². The molecule has 0 saturated heterocycles. The Labute approximate surface area is 241 Å². The summed E-state index contributed by atoms with van der Waals surface area (Å²) in [5.74, 6) is 1.45. The molecule has 9 heteroatoms. The second-order valence-corrected chi connectivity index (χ2v) is 9.54. The third-order valence-corrected chi connectivity index (χ3v) is 6.71. The third-order valence-electron chi connectivity index (χ3n) is 6.71. The summed E-state index contributed by atoms with van der Waals surface area (Å²) in [6.07, 6.45) is 2.24. The molecule has 0 unspecified atom stereocenters. The SMILES string of the molecule is O=Nc1cccc(NC(=O)Nc2ccc(CCNc3ncnc4oc(-c5ccccc5)c(-c5ccccc5)c34)cc2)c1. The van der Waals surface area contributed by atoms with Gasteiger partial charge in [-0.3, -0.25) is 0 Å². The van der Waals surface area contributed by atoms with Crippen LogP contribution < -0.4 is 16.0 Å². The predicted octanol–water partition coefficient (Wildman–Crippen LogP) is 8.25. The number of benzene rings is 4. The molecule has 0 spiro atoms. The highest BCUT2D eigenvalue weighted by Gasteiger charge is 2.21. The van der Waals surface area contributed by atoms with Crippen LogP contribution >= 0.6 is 0 Å². The van der Waals surface area contributed by atoms with Crippen molar-refractivity contribution in [1.29, 1.82) is 0 Å². The van der Waals surface area contributed by atoms with Gasteiger partial charge in [-0.05, 0) is 53.1 Å². The largest absolute Gasteiger partial charge is 0.437 e. The lowest BCUT2D eigenvalue weighted by Crippen LogP contribution is -2.19. The molecular formula is C33H26N6O3. The standard InChI is InChI=1S/C33H26N6O3/c40-33(38-26-12-7-13-27(20-26)39-41)37-25-16-14-22(15-17-25)18-19-34-31-29-28(23-8-3-1-4-9-23)30(24-10-5-2-6-11-24)42-32(29)36-21-35-31/h1-17,20-21H,18-19H2,(H,34,35,36)(H2,37,38,40). The molecule has 2 amide bonds. The number of carbonyl (C=O) groups is 1. The molecule has 0 aliphatic carbocycles. The van der Waals surface area contributed by atoms with Gasteiger partial charge in [0.1, 0.15) is 23.6 Å². The monoisotopic (exact) mass is 554 g/mol. The summed E-state index contributed by atoms with van der Waals surface area (Å²) in [4.78, 5) is 32.1. The number of furan rings is 1. The van der Waals surface area contributed by atoms with Crippen LogP contribution in [0.25, 0.3) is 33.6 Å². The van der Waals surface area contributed by atoms with Crippen LogP contribution in [0.2, 0.25) is 0 Å². The second kappa shape index (κ2) is 12.1. The summed E-state index contributed by atoms with van der Waals surface area (Å²) in [5, 5.41) is 12.7. The Morgan fingerprint density at radius 1 is 0.762 bits per heavy atom. The fourth-order valence-corrected chi connectivity index (χ4v) is 4.75. The summed E-state index contributed by atoms with van der Waals surface area (Å²) in [6.45, 7) is 0.626. The number of carbonyl (C=O) groups excluding carboxylic acids is 1. The van der Waals surface area contributed by atoms with Crippen molar-refractivity contribution in [2.75, 3.05) is 22.5 Å². The first-order valence-corrected chi connectivity index (χ1v) is 13.4. The molecule has 6 aromatic rings. The second-order valence-electron chi connectivity index (χ2n) is 9.54. The number of hydrogen-bond acceptors (Lipinski definition) is 7. The number of urea groups is 1. The van der Waals surface area contributed by atoms with E-state index in [0.29, 0.717) is 29.5 Å². The van der Waals surface area contributed by atoms with Crippen LogP contribution in [-0.4, -0.2) is 22.5 Å². The number of nitrogens with zero attached hydrogens (tertiary/aromatic N) is 3. The molecule has 0 aliphatic heterocycles. The van der Waals surface area contributed by atoms with Crippen molar-refractivity contribution in [3.63, 3.8) is 0 Å². The molecular weight excluding hydrogens is 528 g/mol. The van der Waals surface area contributed by atoms with Gasteiger partial charge in [-0.2, -0.15) is 0 Å². The maximum Gasteiger partial charge on any atom is 0.323 e. The number of nitroso groups, excluding NO2 is 1. The number of rotatable bonds is 9. The van der Waals surface area contributed by atoms with Crippen LogP contribution in [0.4, 0.5) is 27.7 Å². The van der Waals surface area contributed by atoms with E-state index in [-0.39, 0.29) is 5.69 Å². The number of anilines is 3. The molecule has 0 aliphatic rings. The van der Waals surface area contributed by atoms with Crippen LogP contribution in [0.1, 0.15) is 5.56 Å². The molecule has 0 atom stereocenters. The Morgan fingerprint density at radius 2 is 1.48 bits per heavy atom. The highest BCUT2D eigenvalue weighted by atomic mass is 16.3. The van der Waals surface area contributed by atoms with Gasteiger partial charge in [-0.15, -0.1) is 4.91 Å². The Kier molecular flexibility index (Phi) is 7.63. The van der Waals surface area contributed by atoms with Crippen LogP contribution in [0.3, 0.4) is 0 Å². The van der Waals surface area contributed by atoms with Crippen molar-refractivity contribution < 1.29 is 9.21 Å². The fraction of sp³-hybridized carbons (Fsp3) is 0.0606. The molecule has 2 heterocycles. The van der Waals surface area contributed by atoms with E-state index in [9.17, 15) is 9.70 Å². The molecule has 42 heavy (non-hydrogen) atoms. The maximum atomic E-state index is 12.4. The van der Waals surface area contributed by atoms with Gasteiger partial charge in [0.05, 0.1) is 5.39 Å². The summed E-state index contributed by atoms with van der Waals surface area (Å²) < 4.78 is 6.29. The molecule has 0 bridgehead atoms. The third kappa shape index (κ3) is 5.85. The number of nitrogens with one attached hydrogen (secondary N) is 3. The fourth-order valence-electron chi connectivity index (χ4n) is 4.75. The Balaban J connectivity index is 1.15. The van der Waals surface area contributed by atoms with E-state index in [2.05, 4.69) is 43.2 Å². The average molecular weight is 555 g/mol. The average Bonchev–Trinajstić information content (AvgIpc) is 3.43.